The molecule has 1 aromatic rings. The van der Waals surface area contributed by atoms with Gasteiger partial charge in [0.05, 0.1) is 6.10 Å². The van der Waals surface area contributed by atoms with Crippen molar-refractivity contribution in [3.63, 3.8) is 0 Å². The number of benzene rings is 1. The van der Waals surface area contributed by atoms with Crippen molar-refractivity contribution in [2.75, 3.05) is 7.11 Å². The van der Waals surface area contributed by atoms with Gasteiger partial charge in [0, 0.05) is 17.7 Å². The lowest BCUT2D eigenvalue weighted by Crippen LogP contribution is -2.22. The van der Waals surface area contributed by atoms with Crippen molar-refractivity contribution in [3.8, 4) is 0 Å². The molecule has 17 heavy (non-hydrogen) atoms. The number of rotatable bonds is 6. The Morgan fingerprint density at radius 2 is 2.12 bits per heavy atom. The second-order valence-electron chi connectivity index (χ2n) is 4.33. The van der Waals surface area contributed by atoms with Gasteiger partial charge >= 0.3 is 0 Å². The molecule has 0 unspecified atom stereocenters. The summed E-state index contributed by atoms with van der Waals surface area (Å²) in [6.07, 6.45) is 2.14. The minimum absolute atomic E-state index is 0.187. The third kappa shape index (κ3) is 3.70. The Balaban J connectivity index is 2.89. The first-order chi connectivity index (χ1) is 8.11. The predicted molar refractivity (Wildman–Crippen MR) is 71.5 cm³/mol. The second kappa shape index (κ2) is 7.00. The summed E-state index contributed by atoms with van der Waals surface area (Å²) in [5.74, 6) is 0. The van der Waals surface area contributed by atoms with Gasteiger partial charge in [0.25, 0.3) is 0 Å². The van der Waals surface area contributed by atoms with Gasteiger partial charge in [-0.1, -0.05) is 43.5 Å². The van der Waals surface area contributed by atoms with Crippen LogP contribution in [0.15, 0.2) is 18.2 Å². The summed E-state index contributed by atoms with van der Waals surface area (Å²) in [5, 5.41) is 11.0. The molecule has 96 valence electrons. The van der Waals surface area contributed by atoms with Crippen molar-refractivity contribution in [1.29, 1.82) is 0 Å². The smallest absolute Gasteiger partial charge is 0.107 e. The number of halogens is 1. The molecule has 1 N–H and O–H groups in total. The Morgan fingerprint density at radius 1 is 1.41 bits per heavy atom. The maximum absolute atomic E-state index is 10.4. The third-order valence-corrected chi connectivity index (χ3v) is 3.39. The highest BCUT2D eigenvalue weighted by atomic mass is 35.5. The fraction of sp³-hybridized carbons (Fsp3) is 0.571. The van der Waals surface area contributed by atoms with Gasteiger partial charge in [0.2, 0.25) is 0 Å². The van der Waals surface area contributed by atoms with Gasteiger partial charge in [-0.25, -0.2) is 0 Å². The van der Waals surface area contributed by atoms with Crippen LogP contribution >= 0.6 is 11.6 Å². The average Bonchev–Trinajstić information content (AvgIpc) is 2.30. The molecule has 0 spiro atoms. The number of aliphatic hydroxyl groups is 1. The number of hydrogen-bond donors (Lipinski definition) is 1. The first kappa shape index (κ1) is 14.5. The molecule has 0 fully saturated rings. The molecule has 1 rings (SSSR count). The van der Waals surface area contributed by atoms with E-state index < -0.39 is 6.10 Å². The van der Waals surface area contributed by atoms with Crippen LogP contribution in [0.4, 0.5) is 0 Å². The van der Waals surface area contributed by atoms with Crippen LogP contribution in [0.25, 0.3) is 0 Å². The van der Waals surface area contributed by atoms with Gasteiger partial charge in [-0.05, 0) is 25.0 Å². The van der Waals surface area contributed by atoms with Crippen LogP contribution in [-0.2, 0) is 4.74 Å². The van der Waals surface area contributed by atoms with Gasteiger partial charge in [0.1, 0.15) is 6.10 Å². The topological polar surface area (TPSA) is 29.5 Å². The van der Waals surface area contributed by atoms with E-state index in [1.807, 2.05) is 19.1 Å². The molecule has 1 aromatic carbocycles. The molecule has 3 heteroatoms. The lowest BCUT2D eigenvalue weighted by Gasteiger charge is -2.24. The summed E-state index contributed by atoms with van der Waals surface area (Å²) in [6, 6.07) is 5.65. The molecule has 0 aromatic heterocycles. The maximum atomic E-state index is 10.4. The van der Waals surface area contributed by atoms with E-state index in [0.717, 1.165) is 30.4 Å². The largest absolute Gasteiger partial charge is 0.386 e. The maximum Gasteiger partial charge on any atom is 0.107 e. The van der Waals surface area contributed by atoms with Crippen LogP contribution in [0.5, 0.6) is 0 Å². The lowest BCUT2D eigenvalue weighted by molar-refractivity contribution is -0.0189. The van der Waals surface area contributed by atoms with Gasteiger partial charge in [-0.3, -0.25) is 0 Å². The van der Waals surface area contributed by atoms with Crippen LogP contribution in [0.1, 0.15) is 43.4 Å². The highest BCUT2D eigenvalue weighted by Crippen LogP contribution is 2.31. The number of aliphatic hydroxyl groups excluding tert-OH is 1. The Labute approximate surface area is 109 Å². The summed E-state index contributed by atoms with van der Waals surface area (Å²) in [7, 11) is 1.63. The van der Waals surface area contributed by atoms with Gasteiger partial charge in [0.15, 0.2) is 0 Å². The Hall–Kier alpha value is -0.570. The molecule has 0 amide bonds. The zero-order chi connectivity index (χ0) is 12.8. The SMILES string of the molecule is CCCC[C@@H](OC)[C@H](O)c1c(C)cccc1Cl. The molecular weight excluding hydrogens is 236 g/mol. The lowest BCUT2D eigenvalue weighted by atomic mass is 9.96. The van der Waals surface area contributed by atoms with Gasteiger partial charge in [-0.2, -0.15) is 0 Å². The van der Waals surface area contributed by atoms with Crippen LogP contribution in [-0.4, -0.2) is 18.3 Å². The van der Waals surface area contributed by atoms with E-state index in [2.05, 4.69) is 6.92 Å². The van der Waals surface area contributed by atoms with Crippen LogP contribution in [0.3, 0.4) is 0 Å². The van der Waals surface area contributed by atoms with Crippen molar-refractivity contribution in [2.45, 2.75) is 45.3 Å². The van der Waals surface area contributed by atoms with Crippen LogP contribution < -0.4 is 0 Å². The summed E-state index contributed by atoms with van der Waals surface area (Å²) in [6.45, 7) is 4.08. The fourth-order valence-corrected chi connectivity index (χ4v) is 2.35. The Kier molecular flexibility index (Phi) is 5.96. The summed E-state index contributed by atoms with van der Waals surface area (Å²) < 4.78 is 5.37. The minimum atomic E-state index is -0.653. The first-order valence-electron chi connectivity index (χ1n) is 6.07. The summed E-state index contributed by atoms with van der Waals surface area (Å²) in [4.78, 5) is 0. The highest BCUT2D eigenvalue weighted by molar-refractivity contribution is 6.31. The van der Waals surface area contributed by atoms with Crippen molar-refractivity contribution in [1.82, 2.24) is 0 Å². The minimum Gasteiger partial charge on any atom is -0.386 e. The number of hydrogen-bond acceptors (Lipinski definition) is 2. The van der Waals surface area contributed by atoms with Crippen LogP contribution in [0.2, 0.25) is 5.02 Å². The van der Waals surface area contributed by atoms with Crippen molar-refractivity contribution < 1.29 is 9.84 Å². The molecule has 2 nitrogen and oxygen atoms in total. The number of aryl methyl sites for hydroxylation is 1. The Bertz CT molecular complexity index is 332. The number of methoxy groups -OCH3 is 1. The van der Waals surface area contributed by atoms with Crippen LogP contribution in [0, 0.1) is 6.92 Å². The molecule has 0 saturated heterocycles. The third-order valence-electron chi connectivity index (χ3n) is 3.06. The quantitative estimate of drug-likeness (QED) is 0.837. The van der Waals surface area contributed by atoms with Crippen molar-refractivity contribution in [2.24, 2.45) is 0 Å². The number of unbranched alkanes of at least 4 members (excludes halogenated alkanes) is 1. The van der Waals surface area contributed by atoms with Crippen molar-refractivity contribution >= 4 is 11.6 Å². The zero-order valence-corrected chi connectivity index (χ0v) is 11.5. The monoisotopic (exact) mass is 256 g/mol. The molecule has 0 aliphatic carbocycles. The normalized spacial score (nSPS) is 14.6. The van der Waals surface area contributed by atoms with E-state index in [-0.39, 0.29) is 6.10 Å². The fourth-order valence-electron chi connectivity index (χ4n) is 2.02. The van der Waals surface area contributed by atoms with E-state index in [4.69, 9.17) is 16.3 Å². The molecule has 0 bridgehead atoms. The highest BCUT2D eigenvalue weighted by Gasteiger charge is 2.23. The van der Waals surface area contributed by atoms with E-state index >= 15 is 0 Å². The molecule has 0 aliphatic heterocycles. The first-order valence-corrected chi connectivity index (χ1v) is 6.45. The van der Waals surface area contributed by atoms with E-state index in [1.165, 1.54) is 0 Å². The van der Waals surface area contributed by atoms with E-state index in [0.29, 0.717) is 5.02 Å². The molecule has 0 heterocycles. The van der Waals surface area contributed by atoms with Gasteiger partial charge in [-0.15, -0.1) is 0 Å². The summed E-state index contributed by atoms with van der Waals surface area (Å²) in [5.41, 5.74) is 1.79. The molecule has 0 aliphatic rings. The Morgan fingerprint density at radius 3 is 2.65 bits per heavy atom. The summed E-state index contributed by atoms with van der Waals surface area (Å²) >= 11 is 6.14. The molecule has 2 atom stereocenters. The van der Waals surface area contributed by atoms with Gasteiger partial charge < -0.3 is 9.84 Å². The standard InChI is InChI=1S/C14H21ClO2/c1-4-5-9-12(17-3)14(16)13-10(2)7-6-8-11(13)15/h6-8,12,14,16H,4-5,9H2,1-3H3/t12-,14+/m1/s1. The molecule has 0 radical (unpaired) electrons. The molecule has 0 saturated carbocycles. The average molecular weight is 257 g/mol. The molecular formula is C14H21ClO2. The van der Waals surface area contributed by atoms with E-state index in [9.17, 15) is 5.11 Å². The van der Waals surface area contributed by atoms with Crippen molar-refractivity contribution in [3.05, 3.63) is 34.3 Å². The number of ether oxygens (including phenoxy) is 1. The zero-order valence-electron chi connectivity index (χ0n) is 10.7. The second-order valence-corrected chi connectivity index (χ2v) is 4.74. The van der Waals surface area contributed by atoms with E-state index in [1.54, 1.807) is 13.2 Å². The predicted octanol–water partition coefficient (Wildman–Crippen LogP) is 3.89.